The molecule has 0 bridgehead atoms. The van der Waals surface area contributed by atoms with Gasteiger partial charge in [0, 0.05) is 0 Å². The van der Waals surface area contributed by atoms with E-state index in [4.69, 9.17) is 5.26 Å². The molecule has 1 aromatic carbocycles. The number of hydrogen-bond acceptors (Lipinski definition) is 2. The van der Waals surface area contributed by atoms with E-state index in [1.165, 1.54) is 6.92 Å². The Morgan fingerprint density at radius 2 is 2.00 bits per heavy atom. The summed E-state index contributed by atoms with van der Waals surface area (Å²) in [4.78, 5) is 11.0. The van der Waals surface area contributed by atoms with Gasteiger partial charge in [-0.25, -0.2) is 0 Å². The second-order valence-corrected chi connectivity index (χ2v) is 2.58. The molecule has 1 atom stereocenters. The minimum Gasteiger partial charge on any atom is -0.298 e. The van der Waals surface area contributed by atoms with Crippen molar-refractivity contribution in [3.8, 4) is 6.07 Å². The SMILES string of the molecule is CC(=O)[C@H](C#N)c1ccccc1. The van der Waals surface area contributed by atoms with Crippen LogP contribution in [0.1, 0.15) is 18.4 Å². The molecule has 0 heterocycles. The zero-order valence-corrected chi connectivity index (χ0v) is 6.82. The molecule has 12 heavy (non-hydrogen) atoms. The predicted molar refractivity (Wildman–Crippen MR) is 45.5 cm³/mol. The molecule has 0 fully saturated rings. The van der Waals surface area contributed by atoms with Gasteiger partial charge >= 0.3 is 0 Å². The third-order valence-electron chi connectivity index (χ3n) is 1.67. The number of rotatable bonds is 2. The first-order chi connectivity index (χ1) is 5.75. The molecule has 2 nitrogen and oxygen atoms in total. The Balaban J connectivity index is 2.98. The number of benzene rings is 1. The lowest BCUT2D eigenvalue weighted by Gasteiger charge is -2.03. The van der Waals surface area contributed by atoms with Gasteiger partial charge in [-0.3, -0.25) is 4.79 Å². The number of nitriles is 1. The minimum absolute atomic E-state index is 0.108. The fourth-order valence-corrected chi connectivity index (χ4v) is 1.05. The number of Topliss-reactive ketones (excluding diaryl/α,β-unsaturated/α-hetero) is 1. The van der Waals surface area contributed by atoms with Crippen LogP contribution < -0.4 is 0 Å². The van der Waals surface area contributed by atoms with E-state index in [-0.39, 0.29) is 5.78 Å². The van der Waals surface area contributed by atoms with Crippen LogP contribution in [0.5, 0.6) is 0 Å². The zero-order valence-electron chi connectivity index (χ0n) is 6.82. The summed E-state index contributed by atoms with van der Waals surface area (Å²) in [5, 5.41) is 8.68. The van der Waals surface area contributed by atoms with E-state index in [0.29, 0.717) is 0 Å². The molecule has 0 radical (unpaired) electrons. The average Bonchev–Trinajstić information content (AvgIpc) is 2.07. The van der Waals surface area contributed by atoms with Gasteiger partial charge < -0.3 is 0 Å². The smallest absolute Gasteiger partial charge is 0.151 e. The monoisotopic (exact) mass is 159 g/mol. The quantitative estimate of drug-likeness (QED) is 0.661. The van der Waals surface area contributed by atoms with E-state index in [1.807, 2.05) is 24.3 Å². The van der Waals surface area contributed by atoms with Crippen molar-refractivity contribution < 1.29 is 4.79 Å². The van der Waals surface area contributed by atoms with Crippen LogP contribution >= 0.6 is 0 Å². The normalized spacial score (nSPS) is 11.7. The second-order valence-electron chi connectivity index (χ2n) is 2.58. The van der Waals surface area contributed by atoms with Crippen molar-refractivity contribution in [2.24, 2.45) is 0 Å². The summed E-state index contributed by atoms with van der Waals surface area (Å²) in [6.07, 6.45) is 0. The van der Waals surface area contributed by atoms with Crippen molar-refractivity contribution in [3.05, 3.63) is 35.9 Å². The van der Waals surface area contributed by atoms with Crippen LogP contribution in [0.3, 0.4) is 0 Å². The molecule has 60 valence electrons. The molecule has 0 unspecified atom stereocenters. The summed E-state index contributed by atoms with van der Waals surface area (Å²) in [6, 6.07) is 11.0. The molecule has 0 aliphatic rings. The van der Waals surface area contributed by atoms with Crippen molar-refractivity contribution in [3.63, 3.8) is 0 Å². The molecule has 0 aliphatic heterocycles. The first-order valence-corrected chi connectivity index (χ1v) is 3.70. The lowest BCUT2D eigenvalue weighted by Crippen LogP contribution is -2.05. The summed E-state index contributed by atoms with van der Waals surface area (Å²) in [5.74, 6) is -0.713. The van der Waals surface area contributed by atoms with Crippen molar-refractivity contribution in [1.29, 1.82) is 5.26 Å². The Labute approximate surface area is 71.4 Å². The van der Waals surface area contributed by atoms with Crippen LogP contribution in [-0.2, 0) is 4.79 Å². The van der Waals surface area contributed by atoms with Crippen LogP contribution in [-0.4, -0.2) is 5.78 Å². The van der Waals surface area contributed by atoms with E-state index in [2.05, 4.69) is 0 Å². The van der Waals surface area contributed by atoms with Gasteiger partial charge in [0.1, 0.15) is 5.92 Å². The van der Waals surface area contributed by atoms with Crippen molar-refractivity contribution >= 4 is 5.78 Å². The van der Waals surface area contributed by atoms with Crippen LogP contribution in [0.25, 0.3) is 0 Å². The fraction of sp³-hybridized carbons (Fsp3) is 0.200. The molecule has 1 rings (SSSR count). The van der Waals surface area contributed by atoms with E-state index >= 15 is 0 Å². The summed E-state index contributed by atoms with van der Waals surface area (Å²) < 4.78 is 0. The Bertz CT molecular complexity index is 310. The lowest BCUT2D eigenvalue weighted by atomic mass is 9.97. The third-order valence-corrected chi connectivity index (χ3v) is 1.67. The molecule has 2 heteroatoms. The topological polar surface area (TPSA) is 40.9 Å². The first kappa shape index (κ1) is 8.48. The average molecular weight is 159 g/mol. The Morgan fingerprint density at radius 3 is 2.42 bits per heavy atom. The van der Waals surface area contributed by atoms with Crippen molar-refractivity contribution in [2.45, 2.75) is 12.8 Å². The second kappa shape index (κ2) is 3.68. The van der Waals surface area contributed by atoms with E-state index in [9.17, 15) is 4.79 Å². The molecule has 0 aliphatic carbocycles. The van der Waals surface area contributed by atoms with Gasteiger partial charge in [0.2, 0.25) is 0 Å². The van der Waals surface area contributed by atoms with Gasteiger partial charge in [-0.15, -0.1) is 0 Å². The highest BCUT2D eigenvalue weighted by molar-refractivity contribution is 5.86. The molecule has 0 N–H and O–H groups in total. The van der Waals surface area contributed by atoms with Gasteiger partial charge in [-0.05, 0) is 12.5 Å². The molecule has 1 aromatic rings. The van der Waals surface area contributed by atoms with Gasteiger partial charge in [0.05, 0.1) is 6.07 Å². The zero-order chi connectivity index (χ0) is 8.97. The van der Waals surface area contributed by atoms with E-state index in [0.717, 1.165) is 5.56 Å². The summed E-state index contributed by atoms with van der Waals surface area (Å²) in [5.41, 5.74) is 0.771. The summed E-state index contributed by atoms with van der Waals surface area (Å²) in [7, 11) is 0. The molecular formula is C10H9NO. The molecule has 0 spiro atoms. The lowest BCUT2D eigenvalue weighted by molar-refractivity contribution is -0.117. The molecule has 0 amide bonds. The summed E-state index contributed by atoms with van der Waals surface area (Å²) in [6.45, 7) is 1.43. The molecule has 0 aromatic heterocycles. The van der Waals surface area contributed by atoms with Gasteiger partial charge in [-0.1, -0.05) is 30.3 Å². The molecular weight excluding hydrogens is 150 g/mol. The van der Waals surface area contributed by atoms with Gasteiger partial charge in [0.25, 0.3) is 0 Å². The number of ketones is 1. The van der Waals surface area contributed by atoms with Gasteiger partial charge in [0.15, 0.2) is 5.78 Å². The van der Waals surface area contributed by atoms with E-state index in [1.54, 1.807) is 12.1 Å². The fourth-order valence-electron chi connectivity index (χ4n) is 1.05. The third kappa shape index (κ3) is 1.70. The number of nitrogens with zero attached hydrogens (tertiary/aromatic N) is 1. The van der Waals surface area contributed by atoms with Gasteiger partial charge in [-0.2, -0.15) is 5.26 Å². The molecule has 0 saturated carbocycles. The highest BCUT2D eigenvalue weighted by Crippen LogP contribution is 2.14. The largest absolute Gasteiger partial charge is 0.298 e. The van der Waals surface area contributed by atoms with Crippen molar-refractivity contribution in [1.82, 2.24) is 0 Å². The van der Waals surface area contributed by atoms with Crippen LogP contribution in [0.4, 0.5) is 0 Å². The standard InChI is InChI=1S/C10H9NO/c1-8(12)10(7-11)9-5-3-2-4-6-9/h2-6,10H,1H3/t10-/m0/s1. The number of hydrogen-bond donors (Lipinski definition) is 0. The first-order valence-electron chi connectivity index (χ1n) is 3.70. The van der Waals surface area contributed by atoms with Crippen LogP contribution in [0.15, 0.2) is 30.3 Å². The summed E-state index contributed by atoms with van der Waals surface area (Å²) >= 11 is 0. The Morgan fingerprint density at radius 1 is 1.42 bits per heavy atom. The maximum Gasteiger partial charge on any atom is 0.151 e. The Hall–Kier alpha value is -1.62. The predicted octanol–water partition coefficient (Wildman–Crippen LogP) is 1.88. The molecule has 0 saturated heterocycles. The van der Waals surface area contributed by atoms with Crippen LogP contribution in [0, 0.1) is 11.3 Å². The maximum atomic E-state index is 11.0. The highest BCUT2D eigenvalue weighted by atomic mass is 16.1. The maximum absolute atomic E-state index is 11.0. The minimum atomic E-state index is -0.605. The number of carbonyl (C=O) groups excluding carboxylic acids is 1. The number of carbonyl (C=O) groups is 1. The highest BCUT2D eigenvalue weighted by Gasteiger charge is 2.14. The van der Waals surface area contributed by atoms with Crippen LogP contribution in [0.2, 0.25) is 0 Å². The van der Waals surface area contributed by atoms with Crippen molar-refractivity contribution in [2.75, 3.05) is 0 Å². The van der Waals surface area contributed by atoms with E-state index < -0.39 is 5.92 Å². The Kier molecular flexibility index (Phi) is 2.60.